The smallest absolute Gasteiger partial charge is 0.330 e. The minimum absolute atomic E-state index is 0.715. The van der Waals surface area contributed by atoms with Gasteiger partial charge in [-0.25, -0.2) is 4.39 Å². The van der Waals surface area contributed by atoms with Crippen molar-refractivity contribution in [1.82, 2.24) is 0 Å². The van der Waals surface area contributed by atoms with Crippen LogP contribution in [0, 0.1) is 5.92 Å². The van der Waals surface area contributed by atoms with E-state index in [-0.39, 0.29) is 0 Å². The van der Waals surface area contributed by atoms with Gasteiger partial charge in [-0.3, -0.25) is 0 Å². The summed E-state index contributed by atoms with van der Waals surface area (Å²) in [4.78, 5) is 0. The third-order valence-corrected chi connectivity index (χ3v) is 1.46. The van der Waals surface area contributed by atoms with Crippen LogP contribution in [0.4, 0.5) is 17.6 Å². The zero-order valence-electron chi connectivity index (χ0n) is 6.37. The van der Waals surface area contributed by atoms with E-state index in [0.717, 1.165) is 13.8 Å². The fraction of sp³-hybridized carbons (Fsp3) is 1.00. The molecule has 1 atom stereocenters. The third kappa shape index (κ3) is 3.05. The number of alkyl halides is 4. The molecule has 0 radical (unpaired) electrons. The Morgan fingerprint density at radius 3 is 1.55 bits per heavy atom. The van der Waals surface area contributed by atoms with Crippen molar-refractivity contribution in [3.63, 3.8) is 0 Å². The van der Waals surface area contributed by atoms with Crippen LogP contribution < -0.4 is 5.73 Å². The first-order valence-electron chi connectivity index (χ1n) is 3.15. The van der Waals surface area contributed by atoms with Crippen molar-refractivity contribution in [2.75, 3.05) is 6.54 Å². The van der Waals surface area contributed by atoms with Gasteiger partial charge in [0, 0.05) is 6.54 Å². The molecule has 0 aromatic heterocycles. The van der Waals surface area contributed by atoms with Crippen LogP contribution in [-0.2, 0) is 0 Å². The van der Waals surface area contributed by atoms with Gasteiger partial charge in [0.05, 0.1) is 0 Å². The van der Waals surface area contributed by atoms with Gasteiger partial charge in [0.15, 0.2) is 0 Å². The summed E-state index contributed by atoms with van der Waals surface area (Å²) in [6, 6.07) is 0. The van der Waals surface area contributed by atoms with Gasteiger partial charge in [-0.15, -0.1) is 0 Å². The van der Waals surface area contributed by atoms with E-state index in [1.165, 1.54) is 0 Å². The molecule has 0 aliphatic carbocycles. The van der Waals surface area contributed by atoms with Crippen molar-refractivity contribution in [2.24, 2.45) is 11.7 Å². The number of halogens is 4. The van der Waals surface area contributed by atoms with E-state index in [0.29, 0.717) is 0 Å². The molecule has 0 aliphatic heterocycles. The van der Waals surface area contributed by atoms with E-state index in [9.17, 15) is 17.6 Å². The molecule has 0 rings (SSSR count). The summed E-state index contributed by atoms with van der Waals surface area (Å²) >= 11 is 0. The molecular weight excluding hydrogens is 162 g/mol. The summed E-state index contributed by atoms with van der Waals surface area (Å²) in [5, 5.41) is 0. The van der Waals surface area contributed by atoms with Gasteiger partial charge in [-0.05, 0) is 13.8 Å². The van der Waals surface area contributed by atoms with Crippen LogP contribution in [0.5, 0.6) is 0 Å². The second kappa shape index (κ2) is 2.97. The van der Waals surface area contributed by atoms with E-state index in [1.807, 2.05) is 0 Å². The maximum absolute atomic E-state index is 12.7. The highest BCUT2D eigenvalue weighted by Gasteiger charge is 2.48. The van der Waals surface area contributed by atoms with Crippen LogP contribution in [0.15, 0.2) is 0 Å². The Labute approximate surface area is 62.6 Å². The lowest BCUT2D eigenvalue weighted by Crippen LogP contribution is -2.43. The van der Waals surface area contributed by atoms with E-state index in [4.69, 9.17) is 5.73 Å². The highest BCUT2D eigenvalue weighted by molar-refractivity contribution is 4.83. The molecule has 0 heterocycles. The fourth-order valence-corrected chi connectivity index (χ4v) is 0.803. The molecule has 0 aromatic carbocycles. The fourth-order valence-electron chi connectivity index (χ4n) is 0.803. The van der Waals surface area contributed by atoms with Crippen LogP contribution in [-0.4, -0.2) is 18.4 Å². The molecule has 0 fully saturated rings. The van der Waals surface area contributed by atoms with Crippen molar-refractivity contribution >= 4 is 0 Å². The molecule has 11 heavy (non-hydrogen) atoms. The van der Waals surface area contributed by atoms with Crippen LogP contribution in [0.2, 0.25) is 0 Å². The lowest BCUT2D eigenvalue weighted by molar-refractivity contribution is -0.201. The first kappa shape index (κ1) is 10.7. The molecule has 0 saturated carbocycles. The molecule has 5 heteroatoms. The number of hydrogen-bond acceptors (Lipinski definition) is 1. The molecule has 0 saturated heterocycles. The predicted octanol–water partition coefficient (Wildman–Crippen LogP) is 1.87. The molecule has 1 unspecified atom stereocenters. The first-order valence-corrected chi connectivity index (χ1v) is 3.15. The van der Waals surface area contributed by atoms with Gasteiger partial charge < -0.3 is 5.73 Å². The summed E-state index contributed by atoms with van der Waals surface area (Å²) in [6.07, 6.45) is -4.55. The normalized spacial score (nSPS) is 16.6. The summed E-state index contributed by atoms with van der Waals surface area (Å²) in [5.41, 5.74) is 2.49. The second-order valence-corrected chi connectivity index (χ2v) is 2.89. The lowest BCUT2D eigenvalue weighted by atomic mass is 9.92. The van der Waals surface area contributed by atoms with Crippen molar-refractivity contribution in [3.05, 3.63) is 0 Å². The van der Waals surface area contributed by atoms with Gasteiger partial charge in [-0.2, -0.15) is 13.2 Å². The zero-order valence-corrected chi connectivity index (χ0v) is 6.37. The second-order valence-electron chi connectivity index (χ2n) is 2.89. The lowest BCUT2D eigenvalue weighted by Gasteiger charge is -2.27. The van der Waals surface area contributed by atoms with Gasteiger partial charge in [0.25, 0.3) is 0 Å². The molecule has 2 N–H and O–H groups in total. The summed E-state index contributed by atoms with van der Waals surface area (Å²) < 4.78 is 48.4. The Kier molecular flexibility index (Phi) is 2.88. The van der Waals surface area contributed by atoms with Crippen molar-refractivity contribution < 1.29 is 17.6 Å². The van der Waals surface area contributed by atoms with Crippen LogP contribution in [0.3, 0.4) is 0 Å². The highest BCUT2D eigenvalue weighted by Crippen LogP contribution is 2.35. The summed E-state index contributed by atoms with van der Waals surface area (Å²) in [5.74, 6) is -2.07. The molecule has 0 amide bonds. The van der Waals surface area contributed by atoms with Gasteiger partial charge in [0.1, 0.15) is 11.6 Å². The Hall–Kier alpha value is -0.320. The molecule has 1 nitrogen and oxygen atoms in total. The molecule has 68 valence electrons. The average Bonchev–Trinajstić information content (AvgIpc) is 1.56. The zero-order chi connectivity index (χ0) is 9.28. The standard InChI is InChI=1S/C6H11F4N/c1-5(2,7)4(3-11)6(8,9)10/h4H,3,11H2,1-2H3. The van der Waals surface area contributed by atoms with Gasteiger partial charge in [0.2, 0.25) is 0 Å². The Balaban J connectivity index is 4.43. The first-order chi connectivity index (χ1) is 4.69. The van der Waals surface area contributed by atoms with Crippen LogP contribution in [0.25, 0.3) is 0 Å². The molecule has 0 aliphatic rings. The minimum atomic E-state index is -4.55. The Morgan fingerprint density at radius 1 is 1.18 bits per heavy atom. The average molecular weight is 173 g/mol. The summed E-state index contributed by atoms with van der Waals surface area (Å²) in [6.45, 7) is 1.03. The number of hydrogen-bond donors (Lipinski definition) is 1. The molecular formula is C6H11F4N. The van der Waals surface area contributed by atoms with E-state index < -0.39 is 24.3 Å². The minimum Gasteiger partial charge on any atom is -0.330 e. The maximum Gasteiger partial charge on any atom is 0.396 e. The van der Waals surface area contributed by atoms with E-state index in [1.54, 1.807) is 0 Å². The third-order valence-electron chi connectivity index (χ3n) is 1.46. The highest BCUT2D eigenvalue weighted by atomic mass is 19.4. The van der Waals surface area contributed by atoms with Crippen LogP contribution in [0.1, 0.15) is 13.8 Å². The number of rotatable bonds is 2. The number of nitrogens with two attached hydrogens (primary N) is 1. The van der Waals surface area contributed by atoms with Gasteiger partial charge in [-0.1, -0.05) is 0 Å². The largest absolute Gasteiger partial charge is 0.396 e. The van der Waals surface area contributed by atoms with Crippen molar-refractivity contribution in [1.29, 1.82) is 0 Å². The Bertz CT molecular complexity index is 110. The van der Waals surface area contributed by atoms with E-state index >= 15 is 0 Å². The Morgan fingerprint density at radius 2 is 1.55 bits per heavy atom. The maximum atomic E-state index is 12.7. The molecule has 0 aromatic rings. The van der Waals surface area contributed by atoms with Gasteiger partial charge >= 0.3 is 6.18 Å². The van der Waals surface area contributed by atoms with Crippen LogP contribution >= 0.6 is 0 Å². The molecule has 0 spiro atoms. The van der Waals surface area contributed by atoms with E-state index in [2.05, 4.69) is 0 Å². The quantitative estimate of drug-likeness (QED) is 0.634. The van der Waals surface area contributed by atoms with Crippen molar-refractivity contribution in [3.8, 4) is 0 Å². The molecule has 0 bridgehead atoms. The monoisotopic (exact) mass is 173 g/mol. The van der Waals surface area contributed by atoms with Crippen molar-refractivity contribution in [2.45, 2.75) is 25.7 Å². The predicted molar refractivity (Wildman–Crippen MR) is 33.8 cm³/mol. The topological polar surface area (TPSA) is 26.0 Å². The SMILES string of the molecule is CC(C)(F)C(CN)C(F)(F)F. The summed E-state index contributed by atoms with van der Waals surface area (Å²) in [7, 11) is 0.